The number of benzene rings is 4. The van der Waals surface area contributed by atoms with Crippen molar-refractivity contribution in [1.29, 1.82) is 5.41 Å². The van der Waals surface area contributed by atoms with E-state index in [1.807, 2.05) is 42.5 Å². The molecule has 4 aromatic rings. The summed E-state index contributed by atoms with van der Waals surface area (Å²) in [5.74, 6) is 1.80. The van der Waals surface area contributed by atoms with Gasteiger partial charge in [-0.15, -0.1) is 0 Å². The lowest BCUT2D eigenvalue weighted by atomic mass is 9.99. The molecular formula is C38H44N6O2. The fourth-order valence-corrected chi connectivity index (χ4v) is 5.04. The van der Waals surface area contributed by atoms with Gasteiger partial charge in [-0.2, -0.15) is 0 Å². The fraction of sp³-hybridized carbons (Fsp3) is 0.237. The van der Waals surface area contributed by atoms with Gasteiger partial charge in [-0.25, -0.2) is 0 Å². The molecule has 9 N–H and O–H groups in total. The topological polar surface area (TPSA) is 144 Å². The van der Waals surface area contributed by atoms with Gasteiger partial charge in [-0.05, 0) is 69.6 Å². The lowest BCUT2D eigenvalue weighted by Gasteiger charge is -2.15. The van der Waals surface area contributed by atoms with Gasteiger partial charge >= 0.3 is 0 Å². The predicted octanol–water partition coefficient (Wildman–Crippen LogP) is 5.67. The molecule has 4 aromatic carbocycles. The third kappa shape index (κ3) is 10.2. The average Bonchev–Trinajstić information content (AvgIpc) is 3.08. The Bertz CT molecular complexity index is 1600. The third-order valence-corrected chi connectivity index (χ3v) is 7.93. The van der Waals surface area contributed by atoms with Gasteiger partial charge in [0.05, 0.1) is 12.0 Å². The van der Waals surface area contributed by atoms with Gasteiger partial charge in [0.1, 0.15) is 24.7 Å². The first-order valence-electron chi connectivity index (χ1n) is 15.6. The largest absolute Gasteiger partial charge is 0.489 e. The third-order valence-electron chi connectivity index (χ3n) is 7.93. The standard InChI is InChI=1S/C38H44N6O2/c39-37(40)33-13-17-35(18-14-33)45-25-31-9-5-29(6-10-31)23-43-21-27-1-2-28(4-3-27)22-44-24-30-7-11-32(12-8-30)26-46-36-19-15-34(16-20-36)38(41)42/h1-15,17-20,34,37,43-44H,16,21-26,39-40H2,(H3,41,42). The molecule has 0 saturated heterocycles. The zero-order valence-corrected chi connectivity index (χ0v) is 26.1. The SMILES string of the molecule is N=C(N)C1C=CC(OCc2ccc(CNCc3ccc(CNCc4ccc(COc5ccc(C(N)N)cc5)cc4)cc3)cc2)=CC1. The molecule has 1 aliphatic carbocycles. The Labute approximate surface area is 271 Å². The summed E-state index contributed by atoms with van der Waals surface area (Å²) >= 11 is 0. The second-order valence-corrected chi connectivity index (χ2v) is 11.6. The maximum absolute atomic E-state index is 7.55. The minimum Gasteiger partial charge on any atom is -0.489 e. The zero-order valence-electron chi connectivity index (χ0n) is 26.1. The number of ether oxygens (including phenoxy) is 2. The molecular weight excluding hydrogens is 572 g/mol. The molecule has 5 rings (SSSR count). The lowest BCUT2D eigenvalue weighted by Crippen LogP contribution is -2.21. The van der Waals surface area contributed by atoms with E-state index in [2.05, 4.69) is 83.4 Å². The van der Waals surface area contributed by atoms with Crippen molar-refractivity contribution in [2.75, 3.05) is 0 Å². The summed E-state index contributed by atoms with van der Waals surface area (Å²) in [5.41, 5.74) is 25.1. The van der Waals surface area contributed by atoms with Crippen molar-refractivity contribution in [3.05, 3.63) is 160 Å². The molecule has 0 fully saturated rings. The molecule has 0 saturated carbocycles. The molecule has 46 heavy (non-hydrogen) atoms. The Kier molecular flexibility index (Phi) is 11.7. The van der Waals surface area contributed by atoms with Crippen LogP contribution in [-0.2, 0) is 44.1 Å². The Hall–Kier alpha value is -4.73. The zero-order chi connectivity index (χ0) is 32.1. The van der Waals surface area contributed by atoms with Crippen molar-refractivity contribution in [3.8, 4) is 5.75 Å². The summed E-state index contributed by atoms with van der Waals surface area (Å²) in [6, 6.07) is 33.3. The minimum atomic E-state index is -0.473. The number of hydrogen-bond donors (Lipinski definition) is 6. The van der Waals surface area contributed by atoms with Crippen LogP contribution in [0.4, 0.5) is 0 Å². The summed E-state index contributed by atoms with van der Waals surface area (Å²) in [4.78, 5) is 0. The van der Waals surface area contributed by atoms with E-state index in [0.717, 1.165) is 54.4 Å². The molecule has 0 spiro atoms. The van der Waals surface area contributed by atoms with E-state index in [1.165, 1.54) is 22.3 Å². The molecule has 0 aromatic heterocycles. The number of amidine groups is 1. The molecule has 0 bridgehead atoms. The van der Waals surface area contributed by atoms with Crippen molar-refractivity contribution in [1.82, 2.24) is 10.6 Å². The van der Waals surface area contributed by atoms with E-state index in [0.29, 0.717) is 19.6 Å². The minimum absolute atomic E-state index is 0.0178. The molecule has 0 aliphatic heterocycles. The fourth-order valence-electron chi connectivity index (χ4n) is 5.04. The quantitative estimate of drug-likeness (QED) is 0.0540. The summed E-state index contributed by atoms with van der Waals surface area (Å²) in [5, 5.41) is 14.6. The normalized spacial score (nSPS) is 14.2. The smallest absolute Gasteiger partial charge is 0.119 e. The van der Waals surface area contributed by atoms with Crippen molar-refractivity contribution in [2.24, 2.45) is 23.1 Å². The van der Waals surface area contributed by atoms with Gasteiger partial charge < -0.3 is 37.3 Å². The maximum atomic E-state index is 7.55. The molecule has 8 nitrogen and oxygen atoms in total. The molecule has 1 aliphatic rings. The van der Waals surface area contributed by atoms with Crippen molar-refractivity contribution in [2.45, 2.75) is 52.0 Å². The van der Waals surface area contributed by atoms with Crippen molar-refractivity contribution >= 4 is 5.84 Å². The van der Waals surface area contributed by atoms with E-state index < -0.39 is 6.17 Å². The van der Waals surface area contributed by atoms with E-state index in [-0.39, 0.29) is 11.8 Å². The van der Waals surface area contributed by atoms with Crippen LogP contribution in [0.25, 0.3) is 0 Å². The van der Waals surface area contributed by atoms with Gasteiger partial charge in [-0.1, -0.05) is 91.0 Å². The van der Waals surface area contributed by atoms with Crippen LogP contribution in [0, 0.1) is 11.3 Å². The number of hydrogen-bond acceptors (Lipinski definition) is 7. The molecule has 1 unspecified atom stereocenters. The van der Waals surface area contributed by atoms with Gasteiger partial charge in [0.2, 0.25) is 0 Å². The highest BCUT2D eigenvalue weighted by Crippen LogP contribution is 2.19. The second kappa shape index (κ2) is 16.5. The highest BCUT2D eigenvalue weighted by Gasteiger charge is 2.12. The Morgan fingerprint density at radius 2 is 1.09 bits per heavy atom. The summed E-state index contributed by atoms with van der Waals surface area (Å²) in [6.45, 7) is 4.24. The van der Waals surface area contributed by atoms with Gasteiger partial charge in [0, 0.05) is 32.1 Å². The monoisotopic (exact) mass is 616 g/mol. The maximum Gasteiger partial charge on any atom is 0.119 e. The average molecular weight is 617 g/mol. The molecule has 0 amide bonds. The highest BCUT2D eigenvalue weighted by atomic mass is 16.5. The first kappa shape index (κ1) is 32.7. The highest BCUT2D eigenvalue weighted by molar-refractivity contribution is 5.81. The van der Waals surface area contributed by atoms with Gasteiger partial charge in [0.15, 0.2) is 0 Å². The first-order chi connectivity index (χ1) is 22.4. The van der Waals surface area contributed by atoms with Crippen molar-refractivity contribution in [3.63, 3.8) is 0 Å². The summed E-state index contributed by atoms with van der Waals surface area (Å²) in [7, 11) is 0. The first-order valence-corrected chi connectivity index (χ1v) is 15.6. The van der Waals surface area contributed by atoms with Crippen LogP contribution in [0.5, 0.6) is 5.75 Å². The van der Waals surface area contributed by atoms with Gasteiger partial charge in [-0.3, -0.25) is 5.41 Å². The predicted molar refractivity (Wildman–Crippen MR) is 184 cm³/mol. The number of nitrogens with two attached hydrogens (primary N) is 3. The molecule has 1 atom stereocenters. The lowest BCUT2D eigenvalue weighted by molar-refractivity contribution is 0.208. The van der Waals surface area contributed by atoms with E-state index in [4.69, 9.17) is 32.1 Å². The molecule has 0 radical (unpaired) electrons. The summed E-state index contributed by atoms with van der Waals surface area (Å²) in [6.07, 6.45) is 6.06. The molecule has 238 valence electrons. The van der Waals surface area contributed by atoms with Crippen LogP contribution in [0.2, 0.25) is 0 Å². The van der Waals surface area contributed by atoms with Crippen LogP contribution in [-0.4, -0.2) is 5.84 Å². The number of rotatable bonds is 16. The molecule has 8 heteroatoms. The van der Waals surface area contributed by atoms with Gasteiger partial charge in [0.25, 0.3) is 0 Å². The second-order valence-electron chi connectivity index (χ2n) is 11.6. The van der Waals surface area contributed by atoms with E-state index in [1.54, 1.807) is 0 Å². The van der Waals surface area contributed by atoms with Crippen LogP contribution in [0.3, 0.4) is 0 Å². The van der Waals surface area contributed by atoms with E-state index in [9.17, 15) is 0 Å². The Morgan fingerprint density at radius 3 is 1.48 bits per heavy atom. The number of allylic oxidation sites excluding steroid dienone is 2. The number of nitrogens with one attached hydrogen (secondary N) is 3. The molecule has 0 heterocycles. The van der Waals surface area contributed by atoms with E-state index >= 15 is 0 Å². The summed E-state index contributed by atoms with van der Waals surface area (Å²) < 4.78 is 11.8. The van der Waals surface area contributed by atoms with Crippen molar-refractivity contribution < 1.29 is 9.47 Å². The van der Waals surface area contributed by atoms with Crippen LogP contribution in [0.1, 0.15) is 51.5 Å². The Balaban J connectivity index is 0.958. The van der Waals surface area contributed by atoms with Crippen LogP contribution in [0.15, 0.2) is 121 Å². The Morgan fingerprint density at radius 1 is 0.652 bits per heavy atom. The van der Waals surface area contributed by atoms with Crippen LogP contribution >= 0.6 is 0 Å². The van der Waals surface area contributed by atoms with Crippen LogP contribution < -0.4 is 32.6 Å².